The fraction of sp³-hybridized carbons (Fsp3) is 0.800. The predicted molar refractivity (Wildman–Crippen MR) is 87.9 cm³/mol. The molecule has 0 aromatic carbocycles. The Morgan fingerprint density at radius 3 is 2.50 bits per heavy atom. The van der Waals surface area contributed by atoms with Gasteiger partial charge < -0.3 is 15.0 Å². The second-order valence-corrected chi connectivity index (χ2v) is 7.20. The first-order valence-corrected chi connectivity index (χ1v) is 8.07. The van der Waals surface area contributed by atoms with E-state index in [0.29, 0.717) is 6.04 Å². The van der Waals surface area contributed by atoms with E-state index < -0.39 is 0 Å². The molecule has 1 unspecified atom stereocenters. The van der Waals surface area contributed by atoms with Crippen molar-refractivity contribution in [3.8, 4) is 0 Å². The highest BCUT2D eigenvalue weighted by molar-refractivity contribution is 7.15. The van der Waals surface area contributed by atoms with Crippen LogP contribution in [0.3, 0.4) is 0 Å². The molecule has 0 aliphatic carbocycles. The molecule has 0 aliphatic heterocycles. The maximum Gasteiger partial charge on any atom is 0.186 e. The number of nitrogens with zero attached hydrogens (tertiary/aromatic N) is 2. The van der Waals surface area contributed by atoms with E-state index in [2.05, 4.69) is 44.8 Å². The second-order valence-electron chi connectivity index (χ2n) is 6.14. The standard InChI is InChI=1S/C15H29N3OS/c1-8-18(11(2)10-19-7)14-17-13(15(3,4)5)12(20-14)9-16-6/h11,16H,8-10H2,1-7H3. The third kappa shape index (κ3) is 4.17. The fourth-order valence-corrected chi connectivity index (χ4v) is 3.74. The number of nitrogens with one attached hydrogen (secondary N) is 1. The molecule has 0 fully saturated rings. The smallest absolute Gasteiger partial charge is 0.186 e. The highest BCUT2D eigenvalue weighted by Crippen LogP contribution is 2.34. The quantitative estimate of drug-likeness (QED) is 0.840. The molecule has 116 valence electrons. The number of likely N-dealkylation sites (N-methyl/N-ethyl adjacent to an activating group) is 1. The van der Waals surface area contributed by atoms with Crippen molar-refractivity contribution in [1.29, 1.82) is 0 Å². The summed E-state index contributed by atoms with van der Waals surface area (Å²) < 4.78 is 5.28. The maximum absolute atomic E-state index is 5.28. The van der Waals surface area contributed by atoms with Crippen molar-refractivity contribution in [2.75, 3.05) is 32.2 Å². The van der Waals surface area contributed by atoms with Crippen molar-refractivity contribution in [2.45, 2.75) is 52.6 Å². The Kier molecular flexibility index (Phi) is 6.43. The van der Waals surface area contributed by atoms with Crippen molar-refractivity contribution < 1.29 is 4.74 Å². The van der Waals surface area contributed by atoms with Gasteiger partial charge in [0.15, 0.2) is 5.13 Å². The van der Waals surface area contributed by atoms with Crippen LogP contribution in [0.4, 0.5) is 5.13 Å². The first kappa shape index (κ1) is 17.4. The van der Waals surface area contributed by atoms with Crippen LogP contribution in [0, 0.1) is 0 Å². The molecule has 4 nitrogen and oxygen atoms in total. The van der Waals surface area contributed by atoms with Crippen LogP contribution in [0.1, 0.15) is 45.2 Å². The van der Waals surface area contributed by atoms with Crippen molar-refractivity contribution in [3.63, 3.8) is 0 Å². The van der Waals surface area contributed by atoms with Crippen molar-refractivity contribution in [2.24, 2.45) is 0 Å². The van der Waals surface area contributed by atoms with Gasteiger partial charge in [-0.25, -0.2) is 4.98 Å². The van der Waals surface area contributed by atoms with Crippen LogP contribution in [0.2, 0.25) is 0 Å². The Morgan fingerprint density at radius 1 is 1.40 bits per heavy atom. The summed E-state index contributed by atoms with van der Waals surface area (Å²) in [4.78, 5) is 8.58. The topological polar surface area (TPSA) is 37.4 Å². The van der Waals surface area contributed by atoms with Crippen LogP contribution in [0.5, 0.6) is 0 Å². The summed E-state index contributed by atoms with van der Waals surface area (Å²) in [5.74, 6) is 0. The molecule has 1 aromatic rings. The van der Waals surface area contributed by atoms with Gasteiger partial charge in [-0.15, -0.1) is 11.3 Å². The van der Waals surface area contributed by atoms with Gasteiger partial charge in [0, 0.05) is 30.5 Å². The molecule has 0 bridgehead atoms. The van der Waals surface area contributed by atoms with Gasteiger partial charge in [-0.05, 0) is 20.9 Å². The zero-order valence-electron chi connectivity index (χ0n) is 13.9. The summed E-state index contributed by atoms with van der Waals surface area (Å²) >= 11 is 1.79. The van der Waals surface area contributed by atoms with Crippen LogP contribution < -0.4 is 10.2 Å². The Bertz CT molecular complexity index is 412. The average Bonchev–Trinajstić information content (AvgIpc) is 2.74. The van der Waals surface area contributed by atoms with Crippen molar-refractivity contribution in [3.05, 3.63) is 10.6 Å². The van der Waals surface area contributed by atoms with Crippen LogP contribution >= 0.6 is 11.3 Å². The minimum atomic E-state index is 0.0742. The lowest BCUT2D eigenvalue weighted by atomic mass is 9.91. The second kappa shape index (κ2) is 7.38. The van der Waals surface area contributed by atoms with Gasteiger partial charge in [0.05, 0.1) is 18.3 Å². The molecule has 0 saturated carbocycles. The molecule has 1 aromatic heterocycles. The minimum Gasteiger partial charge on any atom is -0.383 e. The molecule has 5 heteroatoms. The average molecular weight is 299 g/mol. The molecular formula is C15H29N3OS. The zero-order chi connectivity index (χ0) is 15.3. The van der Waals surface area contributed by atoms with E-state index in [4.69, 9.17) is 9.72 Å². The molecule has 1 rings (SSSR count). The molecule has 0 spiro atoms. The number of hydrogen-bond acceptors (Lipinski definition) is 5. The first-order valence-electron chi connectivity index (χ1n) is 7.25. The van der Waals surface area contributed by atoms with Gasteiger partial charge in [0.25, 0.3) is 0 Å². The van der Waals surface area contributed by atoms with Gasteiger partial charge in [-0.3, -0.25) is 0 Å². The predicted octanol–water partition coefficient (Wildman–Crippen LogP) is 3.02. The summed E-state index contributed by atoms with van der Waals surface area (Å²) in [6.07, 6.45) is 0. The van der Waals surface area contributed by atoms with E-state index in [1.54, 1.807) is 18.4 Å². The summed E-state index contributed by atoms with van der Waals surface area (Å²) in [5, 5.41) is 4.35. The molecule has 0 saturated heterocycles. The lowest BCUT2D eigenvalue weighted by Crippen LogP contribution is -2.36. The number of anilines is 1. The molecule has 0 amide bonds. The Balaban J connectivity index is 3.11. The SMILES string of the molecule is CCN(c1nc(C(C)(C)C)c(CNC)s1)C(C)COC. The molecule has 1 N–H and O–H groups in total. The third-order valence-corrected chi connectivity index (χ3v) is 4.35. The molecule has 1 heterocycles. The molecule has 1 atom stereocenters. The van der Waals surface area contributed by atoms with Crippen LogP contribution in [-0.2, 0) is 16.7 Å². The number of rotatable bonds is 7. The Hall–Kier alpha value is -0.650. The van der Waals surface area contributed by atoms with Crippen molar-refractivity contribution in [1.82, 2.24) is 10.3 Å². The van der Waals surface area contributed by atoms with E-state index in [-0.39, 0.29) is 5.41 Å². The molecule has 0 aliphatic rings. The summed E-state index contributed by atoms with van der Waals surface area (Å²) in [6, 6.07) is 0.339. The van der Waals surface area contributed by atoms with Gasteiger partial charge in [-0.1, -0.05) is 20.8 Å². The fourth-order valence-electron chi connectivity index (χ4n) is 2.30. The summed E-state index contributed by atoms with van der Waals surface area (Å²) in [7, 11) is 3.73. The number of hydrogen-bond donors (Lipinski definition) is 1. The minimum absolute atomic E-state index is 0.0742. The van der Waals surface area contributed by atoms with E-state index in [0.717, 1.165) is 24.8 Å². The molecule has 20 heavy (non-hydrogen) atoms. The number of aromatic nitrogens is 1. The number of methoxy groups -OCH3 is 1. The van der Waals surface area contributed by atoms with Crippen LogP contribution in [0.25, 0.3) is 0 Å². The summed E-state index contributed by atoms with van der Waals surface area (Å²) in [6.45, 7) is 13.6. The van der Waals surface area contributed by atoms with E-state index >= 15 is 0 Å². The normalized spacial score (nSPS) is 13.6. The van der Waals surface area contributed by atoms with Crippen molar-refractivity contribution >= 4 is 16.5 Å². The van der Waals surface area contributed by atoms with Gasteiger partial charge in [0.2, 0.25) is 0 Å². The zero-order valence-corrected chi connectivity index (χ0v) is 14.7. The van der Waals surface area contributed by atoms with Gasteiger partial charge in [0.1, 0.15) is 0 Å². The molecule has 0 radical (unpaired) electrons. The lowest BCUT2D eigenvalue weighted by Gasteiger charge is -2.27. The third-order valence-electron chi connectivity index (χ3n) is 3.26. The van der Waals surface area contributed by atoms with Gasteiger partial charge >= 0.3 is 0 Å². The van der Waals surface area contributed by atoms with Crippen LogP contribution in [0.15, 0.2) is 0 Å². The Morgan fingerprint density at radius 2 is 2.05 bits per heavy atom. The largest absolute Gasteiger partial charge is 0.383 e. The molecular weight excluding hydrogens is 270 g/mol. The first-order chi connectivity index (χ1) is 9.35. The monoisotopic (exact) mass is 299 g/mol. The lowest BCUT2D eigenvalue weighted by molar-refractivity contribution is 0.182. The summed E-state index contributed by atoms with van der Waals surface area (Å²) in [5.41, 5.74) is 1.28. The number of thiazole rings is 1. The van der Waals surface area contributed by atoms with E-state index in [1.807, 2.05) is 7.05 Å². The Labute approximate surface area is 127 Å². The maximum atomic E-state index is 5.28. The number of ether oxygens (including phenoxy) is 1. The van der Waals surface area contributed by atoms with Crippen LogP contribution in [-0.4, -0.2) is 38.3 Å². The highest BCUT2D eigenvalue weighted by Gasteiger charge is 2.25. The van der Waals surface area contributed by atoms with Gasteiger partial charge in [-0.2, -0.15) is 0 Å². The van der Waals surface area contributed by atoms with E-state index in [1.165, 1.54) is 10.6 Å². The highest BCUT2D eigenvalue weighted by atomic mass is 32.1. The van der Waals surface area contributed by atoms with E-state index in [9.17, 15) is 0 Å².